The third-order valence-corrected chi connectivity index (χ3v) is 2.85. The number of aryl methyl sites for hydroxylation is 2. The summed E-state index contributed by atoms with van der Waals surface area (Å²) in [4.78, 5) is 4.47. The highest BCUT2D eigenvalue weighted by Gasteiger charge is 2.02. The van der Waals surface area contributed by atoms with E-state index >= 15 is 0 Å². The average molecular weight is 175 g/mol. The first-order valence-corrected chi connectivity index (χ1v) is 4.83. The summed E-state index contributed by atoms with van der Waals surface area (Å²) in [6.07, 6.45) is 0. The monoisotopic (exact) mass is 175 g/mol. The van der Waals surface area contributed by atoms with Gasteiger partial charge in [-0.15, -0.1) is 11.3 Å². The summed E-state index contributed by atoms with van der Waals surface area (Å²) in [5.74, 6) is 0. The summed E-state index contributed by atoms with van der Waals surface area (Å²) >= 11 is 1.77. The molecule has 0 spiro atoms. The van der Waals surface area contributed by atoms with Gasteiger partial charge in [-0.2, -0.15) is 0 Å². The third-order valence-electron chi connectivity index (χ3n) is 1.94. The average Bonchev–Trinajstić information content (AvgIpc) is 2.29. The zero-order chi connectivity index (χ0) is 8.72. The minimum Gasteiger partial charge on any atom is -0.242 e. The Morgan fingerprint density at radius 2 is 2.08 bits per heavy atom. The molecule has 0 atom stereocenters. The van der Waals surface area contributed by atoms with Crippen LogP contribution in [0.3, 0.4) is 0 Å². The standard InChI is InChI=1S/C9H10BNS/c1-5-3-7(10)9-8(4-5)12-6(2)11-9/h3-4H,10H2,1-2H3. The van der Waals surface area contributed by atoms with Gasteiger partial charge in [-0.25, -0.2) is 4.98 Å². The van der Waals surface area contributed by atoms with Gasteiger partial charge in [0.15, 0.2) is 0 Å². The van der Waals surface area contributed by atoms with E-state index < -0.39 is 0 Å². The number of hydrogen-bond acceptors (Lipinski definition) is 2. The van der Waals surface area contributed by atoms with Gasteiger partial charge in [-0.1, -0.05) is 17.1 Å². The number of hydrogen-bond donors (Lipinski definition) is 0. The van der Waals surface area contributed by atoms with Crippen molar-refractivity contribution in [3.63, 3.8) is 0 Å². The maximum absolute atomic E-state index is 4.47. The molecule has 3 heteroatoms. The first-order valence-electron chi connectivity index (χ1n) is 4.01. The van der Waals surface area contributed by atoms with Gasteiger partial charge in [0.1, 0.15) is 7.85 Å². The number of rotatable bonds is 0. The third kappa shape index (κ3) is 1.14. The van der Waals surface area contributed by atoms with Gasteiger partial charge in [-0.05, 0) is 19.9 Å². The van der Waals surface area contributed by atoms with Crippen molar-refractivity contribution in [3.05, 3.63) is 22.7 Å². The molecule has 1 nitrogen and oxygen atoms in total. The quantitative estimate of drug-likeness (QED) is 0.547. The van der Waals surface area contributed by atoms with Crippen LogP contribution >= 0.6 is 11.3 Å². The molecular weight excluding hydrogens is 165 g/mol. The molecule has 0 bridgehead atoms. The largest absolute Gasteiger partial charge is 0.242 e. The van der Waals surface area contributed by atoms with Gasteiger partial charge >= 0.3 is 0 Å². The topological polar surface area (TPSA) is 12.9 Å². The van der Waals surface area contributed by atoms with Gasteiger partial charge in [0, 0.05) is 0 Å². The second-order valence-corrected chi connectivity index (χ2v) is 4.40. The second kappa shape index (κ2) is 2.59. The Labute approximate surface area is 76.9 Å². The van der Waals surface area contributed by atoms with Crippen LogP contribution < -0.4 is 5.46 Å². The van der Waals surface area contributed by atoms with Crippen LogP contribution in [0.2, 0.25) is 0 Å². The molecule has 0 radical (unpaired) electrons. The van der Waals surface area contributed by atoms with Gasteiger partial charge in [-0.3, -0.25) is 0 Å². The van der Waals surface area contributed by atoms with Gasteiger partial charge < -0.3 is 0 Å². The highest BCUT2D eigenvalue weighted by molar-refractivity contribution is 7.18. The van der Waals surface area contributed by atoms with E-state index in [1.54, 1.807) is 11.3 Å². The molecule has 0 aliphatic rings. The molecule has 2 aromatic rings. The van der Waals surface area contributed by atoms with Gasteiger partial charge in [0.2, 0.25) is 0 Å². The molecule has 0 saturated carbocycles. The lowest BCUT2D eigenvalue weighted by Gasteiger charge is -1.96. The van der Waals surface area contributed by atoms with Gasteiger partial charge in [0.25, 0.3) is 0 Å². The second-order valence-electron chi connectivity index (χ2n) is 3.16. The Morgan fingerprint density at radius 3 is 2.83 bits per heavy atom. The molecule has 60 valence electrons. The minimum absolute atomic E-state index is 1.15. The summed E-state index contributed by atoms with van der Waals surface area (Å²) in [6.45, 7) is 4.18. The first kappa shape index (κ1) is 7.81. The molecule has 2 rings (SSSR count). The highest BCUT2D eigenvalue weighted by atomic mass is 32.1. The van der Waals surface area contributed by atoms with Crippen molar-refractivity contribution in [1.82, 2.24) is 4.98 Å². The van der Waals surface area contributed by atoms with Crippen LogP contribution in [0.15, 0.2) is 12.1 Å². The van der Waals surface area contributed by atoms with Crippen LogP contribution in [-0.2, 0) is 0 Å². The molecule has 0 unspecified atom stereocenters. The summed E-state index contributed by atoms with van der Waals surface area (Å²) in [7, 11) is 2.12. The molecule has 0 amide bonds. The van der Waals surface area contributed by atoms with Crippen molar-refractivity contribution < 1.29 is 0 Å². The van der Waals surface area contributed by atoms with Gasteiger partial charge in [0.05, 0.1) is 15.2 Å². The summed E-state index contributed by atoms with van der Waals surface area (Å²) in [5.41, 5.74) is 3.78. The van der Waals surface area contributed by atoms with Crippen LogP contribution in [0.5, 0.6) is 0 Å². The van der Waals surface area contributed by atoms with Crippen LogP contribution in [0.1, 0.15) is 10.6 Å². The summed E-state index contributed by atoms with van der Waals surface area (Å²) < 4.78 is 1.31. The van der Waals surface area contributed by atoms with Crippen molar-refractivity contribution in [1.29, 1.82) is 0 Å². The SMILES string of the molecule is Bc1cc(C)cc2sc(C)nc12. The zero-order valence-corrected chi connectivity index (χ0v) is 8.33. The molecule has 0 aliphatic carbocycles. The van der Waals surface area contributed by atoms with E-state index in [0.29, 0.717) is 0 Å². The van der Waals surface area contributed by atoms with E-state index in [2.05, 4.69) is 38.8 Å². The van der Waals surface area contributed by atoms with E-state index in [1.807, 2.05) is 0 Å². The van der Waals surface area contributed by atoms with E-state index in [1.165, 1.54) is 21.2 Å². The van der Waals surface area contributed by atoms with Crippen LogP contribution in [0.25, 0.3) is 10.2 Å². The fraction of sp³-hybridized carbons (Fsp3) is 0.222. The smallest absolute Gasteiger partial charge is 0.142 e. The molecule has 0 N–H and O–H groups in total. The Bertz CT molecular complexity index is 433. The van der Waals surface area contributed by atoms with Crippen LogP contribution in [0, 0.1) is 13.8 Å². The predicted octanol–water partition coefficient (Wildman–Crippen LogP) is 1.17. The van der Waals surface area contributed by atoms with Crippen molar-refractivity contribution in [3.8, 4) is 0 Å². The molecule has 12 heavy (non-hydrogen) atoms. The van der Waals surface area contributed by atoms with Crippen molar-refractivity contribution >= 4 is 34.9 Å². The summed E-state index contributed by atoms with van der Waals surface area (Å²) in [5, 5.41) is 1.15. The molecule has 1 aromatic carbocycles. The first-order chi connectivity index (χ1) is 5.66. The minimum atomic E-state index is 1.15. The zero-order valence-electron chi connectivity index (χ0n) is 7.51. The lowest BCUT2D eigenvalue weighted by molar-refractivity contribution is 1.35. The molecule has 0 saturated heterocycles. The van der Waals surface area contributed by atoms with E-state index in [0.717, 1.165) is 5.01 Å². The van der Waals surface area contributed by atoms with Crippen molar-refractivity contribution in [2.24, 2.45) is 0 Å². The Balaban J connectivity index is 2.88. The number of nitrogens with zero attached hydrogens (tertiary/aromatic N) is 1. The Kier molecular flexibility index (Phi) is 1.69. The highest BCUT2D eigenvalue weighted by Crippen LogP contribution is 2.20. The molecule has 0 aliphatic heterocycles. The normalized spacial score (nSPS) is 10.8. The molecule has 0 fully saturated rings. The van der Waals surface area contributed by atoms with Crippen molar-refractivity contribution in [2.75, 3.05) is 0 Å². The van der Waals surface area contributed by atoms with Crippen LogP contribution in [-0.4, -0.2) is 12.8 Å². The fourth-order valence-corrected chi connectivity index (χ4v) is 2.48. The van der Waals surface area contributed by atoms with E-state index in [9.17, 15) is 0 Å². The van der Waals surface area contributed by atoms with E-state index in [4.69, 9.17) is 0 Å². The number of benzene rings is 1. The number of thiazole rings is 1. The Morgan fingerprint density at radius 1 is 1.33 bits per heavy atom. The predicted molar refractivity (Wildman–Crippen MR) is 57.3 cm³/mol. The Hall–Kier alpha value is -0.825. The number of fused-ring (bicyclic) bond motifs is 1. The van der Waals surface area contributed by atoms with Crippen LogP contribution in [0.4, 0.5) is 0 Å². The fourth-order valence-electron chi connectivity index (χ4n) is 1.48. The van der Waals surface area contributed by atoms with Crippen molar-refractivity contribution in [2.45, 2.75) is 13.8 Å². The molecular formula is C9H10BNS. The lowest BCUT2D eigenvalue weighted by Crippen LogP contribution is -2.03. The molecule has 1 aromatic heterocycles. The molecule has 1 heterocycles. The van der Waals surface area contributed by atoms with E-state index in [-0.39, 0.29) is 0 Å². The number of aromatic nitrogens is 1. The maximum atomic E-state index is 4.47. The lowest BCUT2D eigenvalue weighted by atomic mass is 9.93. The summed E-state index contributed by atoms with van der Waals surface area (Å²) in [6, 6.07) is 4.38. The maximum Gasteiger partial charge on any atom is 0.142 e.